The number of ether oxygens (including phenoxy) is 6. The third-order valence-electron chi connectivity index (χ3n) is 8.52. The van der Waals surface area contributed by atoms with Gasteiger partial charge in [0, 0.05) is 18.4 Å². The number of hydrogen-bond donors (Lipinski definition) is 10. The highest BCUT2D eigenvalue weighted by Gasteiger charge is 2.54. The Hall–Kier alpha value is -0.575. The number of aliphatic hydroxyl groups excluding tert-OH is 7. The van der Waals surface area contributed by atoms with Crippen LogP contribution in [0.1, 0.15) is 20.3 Å². The van der Waals surface area contributed by atoms with Gasteiger partial charge in [0.1, 0.15) is 54.9 Å². The van der Waals surface area contributed by atoms with Gasteiger partial charge >= 0.3 is 0 Å². The Morgan fingerprint density at radius 1 is 0.707 bits per heavy atom. The molecule has 13 N–H and O–H groups in total. The van der Waals surface area contributed by atoms with E-state index in [2.05, 4.69) is 0 Å². The summed E-state index contributed by atoms with van der Waals surface area (Å²) in [6, 6.07) is -1.91. The van der Waals surface area contributed by atoms with E-state index in [0.29, 0.717) is 6.42 Å². The van der Waals surface area contributed by atoms with Crippen LogP contribution < -0.4 is 17.2 Å². The van der Waals surface area contributed by atoms with Crippen molar-refractivity contribution in [2.24, 2.45) is 23.1 Å². The quantitative estimate of drug-likeness (QED) is 0.117. The van der Waals surface area contributed by atoms with Gasteiger partial charge in [0.15, 0.2) is 18.9 Å². The minimum absolute atomic E-state index is 0.147. The molecule has 0 aromatic carbocycles. The smallest absolute Gasteiger partial charge is 0.187 e. The molecule has 41 heavy (non-hydrogen) atoms. The molecule has 236 valence electrons. The van der Waals surface area contributed by atoms with E-state index in [1.807, 2.05) is 0 Å². The summed E-state index contributed by atoms with van der Waals surface area (Å²) in [6.45, 7) is 2.54. The van der Waals surface area contributed by atoms with Gasteiger partial charge in [-0.05, 0) is 19.3 Å². The Kier molecular flexibility index (Phi) is 11.1. The summed E-state index contributed by atoms with van der Waals surface area (Å²) in [5.41, 5.74) is 18.0. The van der Waals surface area contributed by atoms with Crippen LogP contribution in [0.5, 0.6) is 0 Å². The summed E-state index contributed by atoms with van der Waals surface area (Å²) >= 11 is 0. The molecule has 1 aliphatic carbocycles. The molecule has 4 rings (SSSR count). The maximum atomic E-state index is 11.1. The van der Waals surface area contributed by atoms with Crippen molar-refractivity contribution in [2.75, 3.05) is 13.2 Å². The number of hydrogen-bond acceptors (Lipinski definition) is 16. The summed E-state index contributed by atoms with van der Waals surface area (Å²) in [5, 5.41) is 73.0. The third kappa shape index (κ3) is 6.61. The molecule has 0 aromatic rings. The van der Waals surface area contributed by atoms with Gasteiger partial charge in [-0.1, -0.05) is 6.92 Å². The van der Waals surface area contributed by atoms with Crippen LogP contribution in [0.4, 0.5) is 0 Å². The second-order valence-electron chi connectivity index (χ2n) is 11.5. The van der Waals surface area contributed by atoms with E-state index in [4.69, 9.17) is 53.5 Å². The Labute approximate surface area is 239 Å². The number of aliphatic hydroxyl groups is 7. The average molecular weight is 593 g/mol. The Morgan fingerprint density at radius 3 is 1.95 bits per heavy atom. The van der Waals surface area contributed by atoms with Crippen LogP contribution in [-0.4, -0.2) is 161 Å². The summed E-state index contributed by atoms with van der Waals surface area (Å²) in [7, 11) is 6.05. The predicted molar refractivity (Wildman–Crippen MR) is 138 cm³/mol. The van der Waals surface area contributed by atoms with Gasteiger partial charge in [-0.25, -0.2) is 0 Å². The largest absolute Gasteiger partial charge is 0.394 e. The second kappa shape index (κ2) is 13.6. The molecule has 4 fully saturated rings. The molecule has 1 saturated carbocycles. The maximum Gasteiger partial charge on any atom is 0.187 e. The molecule has 0 amide bonds. The topological polar surface area (TPSA) is 275 Å². The molecule has 16 nitrogen and oxygen atoms in total. The van der Waals surface area contributed by atoms with Gasteiger partial charge in [-0.3, -0.25) is 0 Å². The minimum Gasteiger partial charge on any atom is -0.394 e. The van der Waals surface area contributed by atoms with Crippen molar-refractivity contribution in [2.45, 2.75) is 130 Å². The van der Waals surface area contributed by atoms with Crippen LogP contribution in [0.2, 0.25) is 5.82 Å². The fourth-order valence-corrected chi connectivity index (χ4v) is 5.84. The van der Waals surface area contributed by atoms with Crippen LogP contribution in [0.15, 0.2) is 0 Å². The fourth-order valence-electron chi connectivity index (χ4n) is 5.84. The molecular formula is C24H44BN3O13. The lowest BCUT2D eigenvalue weighted by atomic mass is 9.76. The van der Waals surface area contributed by atoms with Crippen molar-refractivity contribution >= 4 is 7.85 Å². The minimum atomic E-state index is -1.55. The molecule has 0 bridgehead atoms. The first-order valence-corrected chi connectivity index (χ1v) is 13.9. The molecule has 4 aliphatic rings. The molecular weight excluding hydrogens is 549 g/mol. The zero-order valence-electron chi connectivity index (χ0n) is 23.0. The average Bonchev–Trinajstić information content (AvgIpc) is 3.24. The highest BCUT2D eigenvalue weighted by Crippen LogP contribution is 2.37. The fraction of sp³-hybridized carbons (Fsp3) is 1.00. The molecule has 19 atom stereocenters. The van der Waals surface area contributed by atoms with Crippen molar-refractivity contribution in [3.05, 3.63) is 0 Å². The molecule has 3 aliphatic heterocycles. The van der Waals surface area contributed by atoms with Gasteiger partial charge in [0.2, 0.25) is 0 Å². The highest BCUT2D eigenvalue weighted by atomic mass is 16.8. The summed E-state index contributed by atoms with van der Waals surface area (Å²) < 4.78 is 34.9. The van der Waals surface area contributed by atoms with Crippen molar-refractivity contribution in [1.82, 2.24) is 0 Å². The number of nitrogens with two attached hydrogens (primary N) is 3. The van der Waals surface area contributed by atoms with E-state index in [0.717, 1.165) is 0 Å². The molecule has 3 saturated heterocycles. The van der Waals surface area contributed by atoms with Gasteiger partial charge in [0.25, 0.3) is 0 Å². The lowest BCUT2D eigenvalue weighted by Crippen LogP contribution is -2.64. The Bertz CT molecular complexity index is 853. The highest BCUT2D eigenvalue weighted by molar-refractivity contribution is 6.12. The van der Waals surface area contributed by atoms with Crippen LogP contribution in [0.25, 0.3) is 0 Å². The van der Waals surface area contributed by atoms with Crippen molar-refractivity contribution < 1.29 is 64.2 Å². The van der Waals surface area contributed by atoms with Crippen molar-refractivity contribution in [3.63, 3.8) is 0 Å². The zero-order valence-corrected chi connectivity index (χ0v) is 23.0. The summed E-state index contributed by atoms with van der Waals surface area (Å²) in [6.07, 6.45) is -18.1. The molecule has 0 spiro atoms. The van der Waals surface area contributed by atoms with Gasteiger partial charge in [0.05, 0.1) is 38.8 Å². The van der Waals surface area contributed by atoms with Gasteiger partial charge in [-0.15, -0.1) is 0 Å². The van der Waals surface area contributed by atoms with E-state index in [9.17, 15) is 35.7 Å². The Balaban J connectivity index is 1.49. The van der Waals surface area contributed by atoms with E-state index < -0.39 is 117 Å². The van der Waals surface area contributed by atoms with E-state index in [1.165, 1.54) is 6.92 Å². The molecule has 3 heterocycles. The van der Waals surface area contributed by atoms with Crippen LogP contribution >= 0.6 is 0 Å². The van der Waals surface area contributed by atoms with Crippen LogP contribution in [-0.2, 0) is 28.4 Å². The first kappa shape index (κ1) is 33.3. The second-order valence-corrected chi connectivity index (χ2v) is 11.5. The molecule has 0 aromatic heterocycles. The van der Waals surface area contributed by atoms with Gasteiger partial charge < -0.3 is 81.4 Å². The maximum absolute atomic E-state index is 11.1. The third-order valence-corrected chi connectivity index (χ3v) is 8.52. The van der Waals surface area contributed by atoms with Crippen molar-refractivity contribution in [3.8, 4) is 0 Å². The molecule has 8 unspecified atom stereocenters. The van der Waals surface area contributed by atoms with Crippen LogP contribution in [0, 0.1) is 5.92 Å². The molecule has 17 heteroatoms. The standard InChI is InChI=1S/C24H44BN3O13/c1-6-3-8(27)19(39-22-11(25)16(33)14(31)7(2)36-22)21(13(6)30)41-24-18(35)20(10(5-29)38-24)40-23-12(28)17(34)15(32)9(4-26)37-23/h6-24,29-35H,3-5,26-28H2,1-2H3/t6-,7?,8?,9?,10-,11?,12?,13?,14-,15-,16-,17?,18?,19-,20+,21-,22-,23-,24+/m1/s1. The normalized spacial score (nSPS) is 54.8. The van der Waals surface area contributed by atoms with Crippen molar-refractivity contribution in [1.29, 1.82) is 0 Å². The lowest BCUT2D eigenvalue weighted by Gasteiger charge is -2.47. The summed E-state index contributed by atoms with van der Waals surface area (Å²) in [5.74, 6) is -1.49. The predicted octanol–water partition coefficient (Wildman–Crippen LogP) is -5.90. The SMILES string of the molecule is [B]C1[C@@H](O[C@@H]2C(N)C[C@@H](C)C(O)[C@H]2O[C@@H]2O[C@H](CO)[C@H](O[C@H]3OC(CN)[C@@H](O)C(O)C3N)C2O)OC(C)[C@@H](O)[C@@H]1O. The first-order chi connectivity index (χ1) is 19.3. The van der Waals surface area contributed by atoms with Gasteiger partial charge in [-0.2, -0.15) is 0 Å². The monoisotopic (exact) mass is 593 g/mol. The zero-order chi connectivity index (χ0) is 30.3. The molecule has 2 radical (unpaired) electrons. The Morgan fingerprint density at radius 2 is 1.32 bits per heavy atom. The first-order valence-electron chi connectivity index (χ1n) is 13.9. The van der Waals surface area contributed by atoms with E-state index >= 15 is 0 Å². The number of rotatable bonds is 8. The lowest BCUT2D eigenvalue weighted by molar-refractivity contribution is -0.303. The van der Waals surface area contributed by atoms with E-state index in [-0.39, 0.29) is 12.5 Å². The van der Waals surface area contributed by atoms with Crippen LogP contribution in [0.3, 0.4) is 0 Å². The summed E-state index contributed by atoms with van der Waals surface area (Å²) in [4.78, 5) is 0. The van der Waals surface area contributed by atoms with E-state index in [1.54, 1.807) is 6.92 Å².